The minimum absolute atomic E-state index is 0.00933. The molecule has 4 heteroatoms. The molecule has 3 nitrogen and oxygen atoms in total. The van der Waals surface area contributed by atoms with Crippen molar-refractivity contribution in [1.29, 1.82) is 0 Å². The van der Waals surface area contributed by atoms with E-state index in [2.05, 4.69) is 51.3 Å². The van der Waals surface area contributed by atoms with E-state index in [1.807, 2.05) is 14.1 Å². The van der Waals surface area contributed by atoms with Crippen molar-refractivity contribution < 1.29 is 5.11 Å². The number of likely N-dealkylation sites (N-methyl/N-ethyl adjacent to an activating group) is 1. The van der Waals surface area contributed by atoms with Crippen LogP contribution < -0.4 is 5.32 Å². The average Bonchev–Trinajstić information content (AvgIpc) is 2.25. The highest BCUT2D eigenvalue weighted by Crippen LogP contribution is 2.24. The molecule has 1 aromatic rings. The highest BCUT2D eigenvalue weighted by atomic mass is 79.9. The van der Waals surface area contributed by atoms with E-state index in [0.717, 1.165) is 23.1 Å². The van der Waals surface area contributed by atoms with Crippen LogP contribution in [-0.2, 0) is 0 Å². The minimum Gasteiger partial charge on any atom is -0.394 e. The van der Waals surface area contributed by atoms with E-state index in [9.17, 15) is 5.11 Å². The lowest BCUT2D eigenvalue weighted by Gasteiger charge is -2.20. The maximum atomic E-state index is 9.44. The van der Waals surface area contributed by atoms with Crippen molar-refractivity contribution >= 4 is 15.9 Å². The van der Waals surface area contributed by atoms with Crippen molar-refractivity contribution in [3.63, 3.8) is 0 Å². The molecule has 0 aliphatic carbocycles. The fourth-order valence-corrected chi connectivity index (χ4v) is 2.42. The highest BCUT2D eigenvalue weighted by Gasteiger charge is 2.12. The molecule has 0 radical (unpaired) electrons. The molecule has 0 aromatic heterocycles. The van der Waals surface area contributed by atoms with Crippen LogP contribution in [0.3, 0.4) is 0 Å². The van der Waals surface area contributed by atoms with Gasteiger partial charge < -0.3 is 15.3 Å². The summed E-state index contributed by atoms with van der Waals surface area (Å²) in [6, 6.07) is 6.19. The number of halogens is 1. The summed E-state index contributed by atoms with van der Waals surface area (Å²) >= 11 is 3.55. The molecule has 1 atom stereocenters. The first-order chi connectivity index (χ1) is 8.04. The zero-order chi connectivity index (χ0) is 12.8. The van der Waals surface area contributed by atoms with Crippen LogP contribution in [-0.4, -0.2) is 43.8 Å². The van der Waals surface area contributed by atoms with Crippen LogP contribution in [0.15, 0.2) is 22.7 Å². The normalized spacial score (nSPS) is 13.1. The van der Waals surface area contributed by atoms with Crippen molar-refractivity contribution in [3.8, 4) is 0 Å². The molecule has 0 saturated heterocycles. The molecule has 17 heavy (non-hydrogen) atoms. The van der Waals surface area contributed by atoms with Crippen molar-refractivity contribution in [1.82, 2.24) is 10.2 Å². The molecule has 2 N–H and O–H groups in total. The number of nitrogens with one attached hydrogen (secondary N) is 1. The van der Waals surface area contributed by atoms with E-state index < -0.39 is 0 Å². The summed E-state index contributed by atoms with van der Waals surface area (Å²) in [6.45, 7) is 3.98. The van der Waals surface area contributed by atoms with E-state index in [0.29, 0.717) is 0 Å². The molecule has 0 amide bonds. The van der Waals surface area contributed by atoms with Crippen LogP contribution in [0.2, 0.25) is 0 Å². The molecule has 1 rings (SSSR count). The maximum Gasteiger partial charge on any atom is 0.0626 e. The zero-order valence-corrected chi connectivity index (χ0v) is 12.3. The second kappa shape index (κ2) is 7.11. The second-order valence-electron chi connectivity index (χ2n) is 4.52. The Hall–Kier alpha value is -0.420. The third-order valence-electron chi connectivity index (χ3n) is 2.66. The van der Waals surface area contributed by atoms with Crippen molar-refractivity contribution in [2.45, 2.75) is 13.0 Å². The Balaban J connectivity index is 2.66. The van der Waals surface area contributed by atoms with Gasteiger partial charge >= 0.3 is 0 Å². The smallest absolute Gasteiger partial charge is 0.0626 e. The number of aliphatic hydroxyl groups excluding tert-OH is 1. The van der Waals surface area contributed by atoms with Gasteiger partial charge in [-0.3, -0.25) is 0 Å². The van der Waals surface area contributed by atoms with Gasteiger partial charge in [0.25, 0.3) is 0 Å². The van der Waals surface area contributed by atoms with Gasteiger partial charge in [0, 0.05) is 17.6 Å². The van der Waals surface area contributed by atoms with Crippen LogP contribution in [0.1, 0.15) is 17.2 Å². The minimum atomic E-state index is -0.00933. The quantitative estimate of drug-likeness (QED) is 0.843. The van der Waals surface area contributed by atoms with Crippen LogP contribution in [0, 0.1) is 6.92 Å². The first-order valence-electron chi connectivity index (χ1n) is 5.79. The number of hydrogen-bond donors (Lipinski definition) is 2. The van der Waals surface area contributed by atoms with E-state index in [1.165, 1.54) is 5.56 Å². The molecule has 1 unspecified atom stereocenters. The molecule has 0 saturated carbocycles. The van der Waals surface area contributed by atoms with Crippen LogP contribution in [0.4, 0.5) is 0 Å². The van der Waals surface area contributed by atoms with Gasteiger partial charge in [0.15, 0.2) is 0 Å². The first-order valence-corrected chi connectivity index (χ1v) is 6.59. The molecule has 1 aromatic carbocycles. The van der Waals surface area contributed by atoms with E-state index in [-0.39, 0.29) is 12.6 Å². The average molecular weight is 301 g/mol. The number of aliphatic hydroxyl groups is 1. The predicted octanol–water partition coefficient (Wildman–Crippen LogP) is 1.94. The van der Waals surface area contributed by atoms with Gasteiger partial charge in [-0.15, -0.1) is 0 Å². The fraction of sp³-hybridized carbons (Fsp3) is 0.538. The standard InChI is InChI=1S/C13H21BrN2O/c1-10-4-5-11(12(14)8-10)13(9-17)15-6-7-16(2)3/h4-5,8,13,15,17H,6-7,9H2,1-3H3. The Labute approximate surface area is 112 Å². The van der Waals surface area contributed by atoms with Gasteiger partial charge in [0.1, 0.15) is 0 Å². The van der Waals surface area contributed by atoms with Crippen molar-refractivity contribution in [2.24, 2.45) is 0 Å². The Kier molecular flexibility index (Phi) is 6.12. The molecule has 0 aliphatic rings. The molecule has 96 valence electrons. The molecule has 0 aliphatic heterocycles. The largest absolute Gasteiger partial charge is 0.394 e. The van der Waals surface area contributed by atoms with Gasteiger partial charge in [-0.05, 0) is 38.2 Å². The molecule has 0 fully saturated rings. The summed E-state index contributed by atoms with van der Waals surface area (Å²) in [4.78, 5) is 2.12. The Morgan fingerprint density at radius 2 is 2.12 bits per heavy atom. The van der Waals surface area contributed by atoms with Crippen molar-refractivity contribution in [2.75, 3.05) is 33.8 Å². The first kappa shape index (κ1) is 14.6. The lowest BCUT2D eigenvalue weighted by atomic mass is 10.1. The predicted molar refractivity (Wildman–Crippen MR) is 75.3 cm³/mol. The van der Waals surface area contributed by atoms with Gasteiger partial charge in [-0.25, -0.2) is 0 Å². The number of hydrogen-bond acceptors (Lipinski definition) is 3. The van der Waals surface area contributed by atoms with E-state index in [1.54, 1.807) is 0 Å². The summed E-state index contributed by atoms with van der Waals surface area (Å²) in [6.07, 6.45) is 0. The highest BCUT2D eigenvalue weighted by molar-refractivity contribution is 9.10. The number of rotatable bonds is 6. The Bertz CT molecular complexity index is 355. The summed E-state index contributed by atoms with van der Waals surface area (Å²) in [5.41, 5.74) is 2.32. The Morgan fingerprint density at radius 3 is 2.65 bits per heavy atom. The molecular weight excluding hydrogens is 280 g/mol. The number of benzene rings is 1. The summed E-state index contributed by atoms with van der Waals surface area (Å²) < 4.78 is 1.05. The molecule has 0 bridgehead atoms. The van der Waals surface area contributed by atoms with Crippen LogP contribution in [0.25, 0.3) is 0 Å². The van der Waals surface area contributed by atoms with E-state index in [4.69, 9.17) is 0 Å². The van der Waals surface area contributed by atoms with Gasteiger partial charge in [0.2, 0.25) is 0 Å². The molecule has 0 heterocycles. The Morgan fingerprint density at radius 1 is 1.41 bits per heavy atom. The fourth-order valence-electron chi connectivity index (χ4n) is 1.65. The lowest BCUT2D eigenvalue weighted by molar-refractivity contribution is 0.240. The number of nitrogens with zero attached hydrogens (tertiary/aromatic N) is 1. The molecule has 0 spiro atoms. The maximum absolute atomic E-state index is 9.44. The second-order valence-corrected chi connectivity index (χ2v) is 5.37. The zero-order valence-electron chi connectivity index (χ0n) is 10.7. The van der Waals surface area contributed by atoms with Crippen LogP contribution in [0.5, 0.6) is 0 Å². The van der Waals surface area contributed by atoms with Gasteiger partial charge in [-0.2, -0.15) is 0 Å². The topological polar surface area (TPSA) is 35.5 Å². The van der Waals surface area contributed by atoms with Gasteiger partial charge in [0.05, 0.1) is 12.6 Å². The van der Waals surface area contributed by atoms with Crippen molar-refractivity contribution in [3.05, 3.63) is 33.8 Å². The third kappa shape index (κ3) is 4.76. The summed E-state index contributed by atoms with van der Waals surface area (Å²) in [5.74, 6) is 0. The van der Waals surface area contributed by atoms with Gasteiger partial charge in [-0.1, -0.05) is 28.1 Å². The monoisotopic (exact) mass is 300 g/mol. The molecular formula is C13H21BrN2O. The van der Waals surface area contributed by atoms with E-state index >= 15 is 0 Å². The van der Waals surface area contributed by atoms with Crippen LogP contribution >= 0.6 is 15.9 Å². The summed E-state index contributed by atoms with van der Waals surface area (Å²) in [5, 5.41) is 12.8. The summed E-state index contributed by atoms with van der Waals surface area (Å²) in [7, 11) is 4.08. The SMILES string of the molecule is Cc1ccc(C(CO)NCCN(C)C)c(Br)c1. The number of aryl methyl sites for hydroxylation is 1. The lowest BCUT2D eigenvalue weighted by Crippen LogP contribution is -2.31. The third-order valence-corrected chi connectivity index (χ3v) is 3.35.